The van der Waals surface area contributed by atoms with Crippen molar-refractivity contribution < 1.29 is 9.72 Å². The summed E-state index contributed by atoms with van der Waals surface area (Å²) in [5.74, 6) is -0.370. The smallest absolute Gasteiger partial charge is 0.297 e. The highest BCUT2D eigenvalue weighted by Crippen LogP contribution is 2.10. The van der Waals surface area contributed by atoms with E-state index >= 15 is 0 Å². The van der Waals surface area contributed by atoms with Crippen LogP contribution in [0, 0.1) is 10.1 Å². The van der Waals surface area contributed by atoms with Gasteiger partial charge in [0.1, 0.15) is 0 Å². The molecule has 0 aromatic heterocycles. The SMILES string of the molecule is CN1CCC([N+](=O)[O-])C1=O. The summed E-state index contributed by atoms with van der Waals surface area (Å²) in [5, 5.41) is 10.1. The lowest BCUT2D eigenvalue weighted by Gasteiger charge is -2.03. The van der Waals surface area contributed by atoms with E-state index in [0.717, 1.165) is 0 Å². The van der Waals surface area contributed by atoms with Gasteiger partial charge in [-0.15, -0.1) is 0 Å². The Morgan fingerprint density at radius 1 is 1.80 bits per heavy atom. The number of nitrogens with zero attached hydrogens (tertiary/aromatic N) is 2. The lowest BCUT2D eigenvalue weighted by atomic mass is 10.3. The van der Waals surface area contributed by atoms with Crippen LogP contribution < -0.4 is 0 Å². The molecule has 1 fully saturated rings. The van der Waals surface area contributed by atoms with Gasteiger partial charge in [-0.05, 0) is 0 Å². The third kappa shape index (κ3) is 0.940. The van der Waals surface area contributed by atoms with Gasteiger partial charge in [0.25, 0.3) is 11.9 Å². The lowest BCUT2D eigenvalue weighted by Crippen LogP contribution is -2.30. The molecule has 0 N–H and O–H groups in total. The Bertz CT molecular complexity index is 180. The molecule has 5 nitrogen and oxygen atoms in total. The Morgan fingerprint density at radius 2 is 2.40 bits per heavy atom. The summed E-state index contributed by atoms with van der Waals surface area (Å²) < 4.78 is 0. The molecule has 0 spiro atoms. The zero-order valence-electron chi connectivity index (χ0n) is 5.61. The molecule has 56 valence electrons. The fourth-order valence-corrected chi connectivity index (χ4v) is 1.000. The monoisotopic (exact) mass is 144 g/mol. The molecule has 1 amide bonds. The summed E-state index contributed by atoms with van der Waals surface area (Å²) >= 11 is 0. The van der Waals surface area contributed by atoms with Crippen LogP contribution in [0.3, 0.4) is 0 Å². The summed E-state index contributed by atoms with van der Waals surface area (Å²) in [6, 6.07) is -0.981. The quantitative estimate of drug-likeness (QED) is 0.368. The van der Waals surface area contributed by atoms with Gasteiger partial charge in [0, 0.05) is 24.9 Å². The van der Waals surface area contributed by atoms with E-state index in [-0.39, 0.29) is 5.91 Å². The van der Waals surface area contributed by atoms with Crippen LogP contribution >= 0.6 is 0 Å². The van der Waals surface area contributed by atoms with E-state index in [9.17, 15) is 14.9 Å². The molecular formula is C5H8N2O3. The number of likely N-dealkylation sites (tertiary alicyclic amines) is 1. The van der Waals surface area contributed by atoms with Gasteiger partial charge in [-0.3, -0.25) is 14.9 Å². The highest BCUT2D eigenvalue weighted by Gasteiger charge is 2.38. The first kappa shape index (κ1) is 6.98. The van der Waals surface area contributed by atoms with Crippen LogP contribution in [0.4, 0.5) is 0 Å². The fraction of sp³-hybridized carbons (Fsp3) is 0.800. The summed E-state index contributed by atoms with van der Waals surface area (Å²) in [4.78, 5) is 21.8. The second-order valence-electron chi connectivity index (χ2n) is 2.35. The second-order valence-corrected chi connectivity index (χ2v) is 2.35. The van der Waals surface area contributed by atoms with E-state index < -0.39 is 11.0 Å². The second kappa shape index (κ2) is 2.24. The third-order valence-electron chi connectivity index (χ3n) is 1.65. The summed E-state index contributed by atoms with van der Waals surface area (Å²) in [6.45, 7) is 0.504. The predicted molar refractivity (Wildman–Crippen MR) is 33.0 cm³/mol. The maximum absolute atomic E-state index is 10.8. The molecule has 1 rings (SSSR count). The number of hydrogen-bond donors (Lipinski definition) is 0. The van der Waals surface area contributed by atoms with Crippen molar-refractivity contribution in [2.45, 2.75) is 12.5 Å². The number of amides is 1. The van der Waals surface area contributed by atoms with Crippen molar-refractivity contribution in [2.75, 3.05) is 13.6 Å². The van der Waals surface area contributed by atoms with Crippen LogP contribution in [0.25, 0.3) is 0 Å². The summed E-state index contributed by atoms with van der Waals surface area (Å²) in [7, 11) is 1.58. The minimum Gasteiger partial charge on any atom is -0.340 e. The van der Waals surface area contributed by atoms with Crippen LogP contribution in [0.15, 0.2) is 0 Å². The van der Waals surface area contributed by atoms with Crippen LogP contribution in [-0.2, 0) is 4.79 Å². The van der Waals surface area contributed by atoms with E-state index in [1.165, 1.54) is 4.90 Å². The molecule has 0 aromatic carbocycles. The molecule has 10 heavy (non-hydrogen) atoms. The van der Waals surface area contributed by atoms with Crippen molar-refractivity contribution in [3.8, 4) is 0 Å². The molecule has 1 unspecified atom stereocenters. The summed E-state index contributed by atoms with van der Waals surface area (Å²) in [5.41, 5.74) is 0. The Morgan fingerprint density at radius 3 is 2.60 bits per heavy atom. The number of rotatable bonds is 1. The molecule has 0 bridgehead atoms. The standard InChI is InChI=1S/C5H8N2O3/c1-6-3-2-4(5(6)8)7(9)10/h4H,2-3H2,1H3. The van der Waals surface area contributed by atoms with E-state index in [0.29, 0.717) is 13.0 Å². The van der Waals surface area contributed by atoms with Crippen LogP contribution in [0.2, 0.25) is 0 Å². The maximum atomic E-state index is 10.8. The largest absolute Gasteiger partial charge is 0.340 e. The molecule has 0 saturated carbocycles. The van der Waals surface area contributed by atoms with E-state index in [4.69, 9.17) is 0 Å². The average Bonchev–Trinajstić information content (AvgIpc) is 2.14. The number of carbonyl (C=O) groups is 1. The van der Waals surface area contributed by atoms with Crippen LogP contribution in [-0.4, -0.2) is 35.4 Å². The van der Waals surface area contributed by atoms with Crippen molar-refractivity contribution in [1.29, 1.82) is 0 Å². The summed E-state index contributed by atoms with van der Waals surface area (Å²) in [6.07, 6.45) is 0.350. The molecular weight excluding hydrogens is 136 g/mol. The van der Waals surface area contributed by atoms with Crippen molar-refractivity contribution in [1.82, 2.24) is 4.90 Å². The number of likely N-dealkylation sites (N-methyl/N-ethyl adjacent to an activating group) is 1. The van der Waals surface area contributed by atoms with Gasteiger partial charge in [0.2, 0.25) is 0 Å². The number of nitro groups is 1. The third-order valence-corrected chi connectivity index (χ3v) is 1.65. The fourth-order valence-electron chi connectivity index (χ4n) is 1.000. The average molecular weight is 144 g/mol. The topological polar surface area (TPSA) is 63.4 Å². The Balaban J connectivity index is 2.66. The van der Waals surface area contributed by atoms with Crippen LogP contribution in [0.1, 0.15) is 6.42 Å². The highest BCUT2D eigenvalue weighted by atomic mass is 16.6. The molecule has 1 saturated heterocycles. The predicted octanol–water partition coefficient (Wildman–Crippen LogP) is -0.506. The van der Waals surface area contributed by atoms with Crippen molar-refractivity contribution in [2.24, 2.45) is 0 Å². The van der Waals surface area contributed by atoms with Gasteiger partial charge < -0.3 is 4.90 Å². The zero-order chi connectivity index (χ0) is 7.72. The van der Waals surface area contributed by atoms with E-state index in [2.05, 4.69) is 0 Å². The first-order valence-electron chi connectivity index (χ1n) is 3.01. The number of hydrogen-bond acceptors (Lipinski definition) is 3. The minimum absolute atomic E-state index is 0.350. The van der Waals surface area contributed by atoms with E-state index in [1.54, 1.807) is 7.05 Å². The normalized spacial score (nSPS) is 25.5. The molecule has 1 heterocycles. The molecule has 0 aromatic rings. The molecule has 5 heteroatoms. The molecule has 1 aliphatic heterocycles. The molecule has 0 aliphatic carbocycles. The van der Waals surface area contributed by atoms with Crippen molar-refractivity contribution in [3.05, 3.63) is 10.1 Å². The first-order valence-corrected chi connectivity index (χ1v) is 3.01. The minimum atomic E-state index is -0.981. The molecule has 0 radical (unpaired) electrons. The van der Waals surface area contributed by atoms with Gasteiger partial charge in [-0.1, -0.05) is 0 Å². The number of carbonyl (C=O) groups excluding carboxylic acids is 1. The Kier molecular flexibility index (Phi) is 1.57. The maximum Gasteiger partial charge on any atom is 0.297 e. The van der Waals surface area contributed by atoms with Crippen molar-refractivity contribution in [3.63, 3.8) is 0 Å². The van der Waals surface area contributed by atoms with Gasteiger partial charge in [0.05, 0.1) is 0 Å². The first-order chi connectivity index (χ1) is 4.63. The highest BCUT2D eigenvalue weighted by molar-refractivity contribution is 5.82. The zero-order valence-corrected chi connectivity index (χ0v) is 5.61. The Hall–Kier alpha value is -1.13. The lowest BCUT2D eigenvalue weighted by molar-refractivity contribution is -0.505. The molecule has 1 atom stereocenters. The van der Waals surface area contributed by atoms with E-state index in [1.807, 2.05) is 0 Å². The van der Waals surface area contributed by atoms with Crippen molar-refractivity contribution >= 4 is 5.91 Å². The van der Waals surface area contributed by atoms with Gasteiger partial charge in [-0.25, -0.2) is 0 Å². The van der Waals surface area contributed by atoms with Crippen LogP contribution in [0.5, 0.6) is 0 Å². The Labute approximate surface area is 57.8 Å². The molecule has 1 aliphatic rings. The van der Waals surface area contributed by atoms with Gasteiger partial charge in [0.15, 0.2) is 0 Å². The van der Waals surface area contributed by atoms with Gasteiger partial charge in [-0.2, -0.15) is 0 Å². The van der Waals surface area contributed by atoms with Gasteiger partial charge >= 0.3 is 0 Å².